The first-order chi connectivity index (χ1) is 7.77. The molecule has 0 aromatic carbocycles. The third-order valence-electron chi connectivity index (χ3n) is 3.92. The molecular weight excluding hydrogens is 200 g/mol. The first kappa shape index (κ1) is 14.0. The lowest BCUT2D eigenvalue weighted by Crippen LogP contribution is -2.26. The lowest BCUT2D eigenvalue weighted by molar-refractivity contribution is 0.0329. The van der Waals surface area contributed by atoms with Crippen LogP contribution in [0, 0.1) is 11.8 Å². The molecule has 16 heavy (non-hydrogen) atoms. The molecule has 96 valence electrons. The molecule has 0 heterocycles. The molecule has 2 heteroatoms. The van der Waals surface area contributed by atoms with Crippen molar-refractivity contribution in [2.75, 3.05) is 13.2 Å². The Balaban J connectivity index is 2.10. The van der Waals surface area contributed by atoms with Crippen LogP contribution in [0.2, 0.25) is 0 Å². The SMILES string of the molecule is CCCOCCC(O)C1CCC(CC)CC1. The van der Waals surface area contributed by atoms with Gasteiger partial charge in [-0.05, 0) is 37.5 Å². The standard InChI is InChI=1S/C14H28O2/c1-3-10-16-11-9-14(15)13-7-5-12(4-2)6-8-13/h12-15H,3-11H2,1-2H3. The quantitative estimate of drug-likeness (QED) is 0.677. The van der Waals surface area contributed by atoms with Crippen LogP contribution in [-0.2, 0) is 4.74 Å². The largest absolute Gasteiger partial charge is 0.393 e. The lowest BCUT2D eigenvalue weighted by atomic mass is 9.78. The summed E-state index contributed by atoms with van der Waals surface area (Å²) in [5, 5.41) is 10.1. The van der Waals surface area contributed by atoms with Gasteiger partial charge in [0, 0.05) is 13.2 Å². The highest BCUT2D eigenvalue weighted by molar-refractivity contribution is 4.76. The average molecular weight is 228 g/mol. The number of aliphatic hydroxyl groups is 1. The maximum absolute atomic E-state index is 10.1. The summed E-state index contributed by atoms with van der Waals surface area (Å²) in [5.41, 5.74) is 0. The Hall–Kier alpha value is -0.0800. The van der Waals surface area contributed by atoms with E-state index < -0.39 is 0 Å². The third kappa shape index (κ3) is 4.84. The molecule has 0 bridgehead atoms. The Bertz CT molecular complexity index is 162. The van der Waals surface area contributed by atoms with Gasteiger partial charge < -0.3 is 9.84 Å². The molecule has 2 nitrogen and oxygen atoms in total. The van der Waals surface area contributed by atoms with Crippen molar-refractivity contribution in [3.05, 3.63) is 0 Å². The maximum atomic E-state index is 10.1. The van der Waals surface area contributed by atoms with Crippen LogP contribution in [0.3, 0.4) is 0 Å². The molecular formula is C14H28O2. The highest BCUT2D eigenvalue weighted by atomic mass is 16.5. The molecule has 1 aliphatic rings. The van der Waals surface area contributed by atoms with Crippen molar-refractivity contribution >= 4 is 0 Å². The lowest BCUT2D eigenvalue weighted by Gasteiger charge is -2.31. The summed E-state index contributed by atoms with van der Waals surface area (Å²) in [5.74, 6) is 1.45. The van der Waals surface area contributed by atoms with Gasteiger partial charge in [0.25, 0.3) is 0 Å². The first-order valence-electron chi connectivity index (χ1n) is 7.03. The van der Waals surface area contributed by atoms with E-state index in [1.54, 1.807) is 0 Å². The maximum Gasteiger partial charge on any atom is 0.0590 e. The minimum atomic E-state index is -0.130. The molecule has 1 rings (SSSR count). The van der Waals surface area contributed by atoms with Crippen molar-refractivity contribution < 1.29 is 9.84 Å². The number of hydrogen-bond donors (Lipinski definition) is 1. The summed E-state index contributed by atoms with van der Waals surface area (Å²) in [6.45, 7) is 5.94. The van der Waals surface area contributed by atoms with Crippen LogP contribution >= 0.6 is 0 Å². The zero-order valence-corrected chi connectivity index (χ0v) is 11.0. The molecule has 0 aromatic heterocycles. The van der Waals surface area contributed by atoms with Gasteiger partial charge in [0.1, 0.15) is 0 Å². The molecule has 1 saturated carbocycles. The van der Waals surface area contributed by atoms with Crippen LogP contribution in [0.15, 0.2) is 0 Å². The van der Waals surface area contributed by atoms with Gasteiger partial charge in [0.15, 0.2) is 0 Å². The van der Waals surface area contributed by atoms with Crippen molar-refractivity contribution in [1.29, 1.82) is 0 Å². The van der Waals surface area contributed by atoms with Crippen molar-refractivity contribution in [3.8, 4) is 0 Å². The van der Waals surface area contributed by atoms with Crippen LogP contribution in [0.1, 0.15) is 58.8 Å². The Morgan fingerprint density at radius 3 is 2.38 bits per heavy atom. The number of rotatable bonds is 7. The van der Waals surface area contributed by atoms with E-state index in [1.165, 1.54) is 32.1 Å². The van der Waals surface area contributed by atoms with E-state index in [0.717, 1.165) is 32.0 Å². The molecule has 0 spiro atoms. The fourth-order valence-corrected chi connectivity index (χ4v) is 2.67. The van der Waals surface area contributed by atoms with E-state index in [1.807, 2.05) is 0 Å². The van der Waals surface area contributed by atoms with E-state index in [9.17, 15) is 5.11 Å². The van der Waals surface area contributed by atoms with Gasteiger partial charge in [0.2, 0.25) is 0 Å². The second-order valence-corrected chi connectivity index (χ2v) is 5.16. The second kappa shape index (κ2) is 8.08. The van der Waals surface area contributed by atoms with Crippen LogP contribution in [-0.4, -0.2) is 24.4 Å². The van der Waals surface area contributed by atoms with Crippen LogP contribution in [0.25, 0.3) is 0 Å². The highest BCUT2D eigenvalue weighted by Crippen LogP contribution is 2.33. The summed E-state index contributed by atoms with van der Waals surface area (Å²) >= 11 is 0. The van der Waals surface area contributed by atoms with Crippen molar-refractivity contribution in [2.24, 2.45) is 11.8 Å². The van der Waals surface area contributed by atoms with Gasteiger partial charge in [-0.3, -0.25) is 0 Å². The Labute approximate surface area is 100 Å². The highest BCUT2D eigenvalue weighted by Gasteiger charge is 2.25. The Kier molecular flexibility index (Phi) is 7.06. The zero-order chi connectivity index (χ0) is 11.8. The first-order valence-corrected chi connectivity index (χ1v) is 7.03. The minimum Gasteiger partial charge on any atom is -0.393 e. The molecule has 1 aliphatic carbocycles. The monoisotopic (exact) mass is 228 g/mol. The number of ether oxygens (including phenoxy) is 1. The number of hydrogen-bond acceptors (Lipinski definition) is 2. The molecule has 0 radical (unpaired) electrons. The summed E-state index contributed by atoms with van der Waals surface area (Å²) in [6, 6.07) is 0. The summed E-state index contributed by atoms with van der Waals surface area (Å²) in [4.78, 5) is 0. The molecule has 1 atom stereocenters. The van der Waals surface area contributed by atoms with E-state index >= 15 is 0 Å². The second-order valence-electron chi connectivity index (χ2n) is 5.16. The van der Waals surface area contributed by atoms with Gasteiger partial charge in [-0.15, -0.1) is 0 Å². The van der Waals surface area contributed by atoms with Gasteiger partial charge in [-0.2, -0.15) is 0 Å². The molecule has 1 unspecified atom stereocenters. The van der Waals surface area contributed by atoms with Crippen LogP contribution < -0.4 is 0 Å². The van der Waals surface area contributed by atoms with E-state index in [-0.39, 0.29) is 6.10 Å². The fourth-order valence-electron chi connectivity index (χ4n) is 2.67. The fraction of sp³-hybridized carbons (Fsp3) is 1.00. The van der Waals surface area contributed by atoms with Gasteiger partial charge in [-0.1, -0.05) is 33.1 Å². The normalized spacial score (nSPS) is 27.9. The topological polar surface area (TPSA) is 29.5 Å². The predicted octanol–water partition coefficient (Wildman–Crippen LogP) is 3.38. The van der Waals surface area contributed by atoms with Crippen molar-refractivity contribution in [1.82, 2.24) is 0 Å². The average Bonchev–Trinajstić information content (AvgIpc) is 2.34. The van der Waals surface area contributed by atoms with Gasteiger partial charge in [-0.25, -0.2) is 0 Å². The zero-order valence-electron chi connectivity index (χ0n) is 11.0. The van der Waals surface area contributed by atoms with Crippen molar-refractivity contribution in [3.63, 3.8) is 0 Å². The van der Waals surface area contributed by atoms with Crippen LogP contribution in [0.5, 0.6) is 0 Å². The number of aliphatic hydroxyl groups excluding tert-OH is 1. The predicted molar refractivity (Wildman–Crippen MR) is 67.5 cm³/mol. The molecule has 0 saturated heterocycles. The van der Waals surface area contributed by atoms with Crippen LogP contribution in [0.4, 0.5) is 0 Å². The molecule has 0 aliphatic heterocycles. The smallest absolute Gasteiger partial charge is 0.0590 e. The molecule has 0 aromatic rings. The Morgan fingerprint density at radius 2 is 1.81 bits per heavy atom. The van der Waals surface area contributed by atoms with Gasteiger partial charge >= 0.3 is 0 Å². The van der Waals surface area contributed by atoms with Crippen molar-refractivity contribution in [2.45, 2.75) is 64.9 Å². The van der Waals surface area contributed by atoms with Gasteiger partial charge in [0.05, 0.1) is 6.10 Å². The van der Waals surface area contributed by atoms with E-state index in [4.69, 9.17) is 4.74 Å². The summed E-state index contributed by atoms with van der Waals surface area (Å²) in [6.07, 6.45) is 8.12. The summed E-state index contributed by atoms with van der Waals surface area (Å²) < 4.78 is 5.43. The minimum absolute atomic E-state index is 0.130. The molecule has 1 fully saturated rings. The summed E-state index contributed by atoms with van der Waals surface area (Å²) in [7, 11) is 0. The Morgan fingerprint density at radius 1 is 1.12 bits per heavy atom. The molecule has 0 amide bonds. The van der Waals surface area contributed by atoms with E-state index in [0.29, 0.717) is 5.92 Å². The van der Waals surface area contributed by atoms with E-state index in [2.05, 4.69) is 13.8 Å². The molecule has 1 N–H and O–H groups in total. The third-order valence-corrected chi connectivity index (χ3v) is 3.92.